The molecule has 2 aromatic heterocycles. The topological polar surface area (TPSA) is 88.0 Å². The maximum Gasteiger partial charge on any atom is 0.355 e. The number of aromatic carboxylic acids is 1. The van der Waals surface area contributed by atoms with E-state index in [1.165, 1.54) is 28.2 Å². The molecule has 2 aromatic rings. The van der Waals surface area contributed by atoms with E-state index >= 15 is 0 Å². The molecule has 0 spiro atoms. The first-order valence-corrected chi connectivity index (χ1v) is 7.03. The number of anilines is 1. The number of nitrogens with zero attached hydrogens (tertiary/aromatic N) is 3. The molecule has 18 heavy (non-hydrogen) atoms. The second kappa shape index (κ2) is 5.40. The Morgan fingerprint density at radius 2 is 2.33 bits per heavy atom. The van der Waals surface area contributed by atoms with Gasteiger partial charge in [0.25, 0.3) is 0 Å². The van der Waals surface area contributed by atoms with Crippen LogP contribution >= 0.6 is 22.9 Å². The van der Waals surface area contributed by atoms with Gasteiger partial charge in [-0.2, -0.15) is 4.37 Å². The number of thiazole rings is 1. The lowest BCUT2D eigenvalue weighted by molar-refractivity contribution is 0.0691. The Hall–Kier alpha value is -1.54. The quantitative estimate of drug-likeness (QED) is 0.876. The molecule has 0 saturated heterocycles. The fourth-order valence-electron chi connectivity index (χ4n) is 1.29. The van der Waals surface area contributed by atoms with E-state index in [-0.39, 0.29) is 11.7 Å². The molecule has 1 atom stereocenters. The van der Waals surface area contributed by atoms with Gasteiger partial charge in [0, 0.05) is 23.3 Å². The zero-order valence-corrected chi connectivity index (χ0v) is 11.5. The van der Waals surface area contributed by atoms with Crippen LogP contribution in [0.5, 0.6) is 0 Å². The molecule has 0 radical (unpaired) electrons. The van der Waals surface area contributed by atoms with E-state index in [1.807, 2.05) is 13.8 Å². The lowest BCUT2D eigenvalue weighted by atomic mass is 10.3. The van der Waals surface area contributed by atoms with Gasteiger partial charge >= 0.3 is 5.97 Å². The van der Waals surface area contributed by atoms with E-state index in [0.717, 1.165) is 22.4 Å². The van der Waals surface area contributed by atoms with Crippen LogP contribution in [0, 0.1) is 0 Å². The van der Waals surface area contributed by atoms with E-state index in [4.69, 9.17) is 5.11 Å². The molecule has 8 heteroatoms. The van der Waals surface area contributed by atoms with Crippen LogP contribution in [0.1, 0.15) is 41.2 Å². The summed E-state index contributed by atoms with van der Waals surface area (Å²) in [6, 6.07) is -0.0826. The second-order valence-corrected chi connectivity index (χ2v) is 5.25. The van der Waals surface area contributed by atoms with Crippen molar-refractivity contribution in [2.75, 3.05) is 5.32 Å². The van der Waals surface area contributed by atoms with Crippen LogP contribution < -0.4 is 5.32 Å². The van der Waals surface area contributed by atoms with Gasteiger partial charge in [-0.15, -0.1) is 11.3 Å². The number of nitrogens with one attached hydrogen (secondary N) is 1. The van der Waals surface area contributed by atoms with Crippen LogP contribution in [0.3, 0.4) is 0 Å². The zero-order chi connectivity index (χ0) is 13.1. The summed E-state index contributed by atoms with van der Waals surface area (Å²) in [4.78, 5) is 19.1. The third-order valence-corrected chi connectivity index (χ3v) is 3.95. The summed E-state index contributed by atoms with van der Waals surface area (Å²) in [5.74, 6) is -0.200. The molecule has 2 rings (SSSR count). The van der Waals surface area contributed by atoms with Gasteiger partial charge in [0.2, 0.25) is 5.13 Å². The molecule has 2 N–H and O–H groups in total. The molecule has 6 nitrogen and oxygen atoms in total. The van der Waals surface area contributed by atoms with Gasteiger partial charge in [-0.25, -0.2) is 14.8 Å². The Morgan fingerprint density at radius 3 is 2.89 bits per heavy atom. The van der Waals surface area contributed by atoms with Crippen molar-refractivity contribution >= 4 is 34.0 Å². The van der Waals surface area contributed by atoms with Crippen molar-refractivity contribution in [2.24, 2.45) is 0 Å². The average molecular weight is 284 g/mol. The summed E-state index contributed by atoms with van der Waals surface area (Å²) in [5, 5.41) is 15.0. The molecule has 0 amide bonds. The van der Waals surface area contributed by atoms with Gasteiger partial charge in [-0.3, -0.25) is 0 Å². The number of rotatable bonds is 5. The Kier molecular flexibility index (Phi) is 3.87. The summed E-state index contributed by atoms with van der Waals surface area (Å²) < 4.78 is 4.17. The van der Waals surface area contributed by atoms with Crippen LogP contribution in [-0.4, -0.2) is 25.4 Å². The van der Waals surface area contributed by atoms with Gasteiger partial charge in [0.05, 0.1) is 6.04 Å². The zero-order valence-electron chi connectivity index (χ0n) is 9.88. The van der Waals surface area contributed by atoms with Crippen molar-refractivity contribution in [1.82, 2.24) is 14.3 Å². The molecule has 0 aliphatic rings. The minimum atomic E-state index is -1.01. The van der Waals surface area contributed by atoms with Gasteiger partial charge in [-0.1, -0.05) is 6.92 Å². The molecule has 1 unspecified atom stereocenters. The summed E-state index contributed by atoms with van der Waals surface area (Å²) in [6.07, 6.45) is 0.799. The van der Waals surface area contributed by atoms with E-state index in [2.05, 4.69) is 19.7 Å². The van der Waals surface area contributed by atoms with Crippen molar-refractivity contribution in [3.05, 3.63) is 21.9 Å². The number of carbonyl (C=O) groups is 1. The summed E-state index contributed by atoms with van der Waals surface area (Å²) in [7, 11) is 0. The first kappa shape index (κ1) is 12.9. The highest BCUT2D eigenvalue weighted by molar-refractivity contribution is 7.10. The molecule has 0 saturated carbocycles. The van der Waals surface area contributed by atoms with E-state index < -0.39 is 5.97 Å². The van der Waals surface area contributed by atoms with E-state index in [1.54, 1.807) is 0 Å². The fourth-order valence-corrected chi connectivity index (χ4v) is 2.83. The number of aromatic nitrogens is 3. The van der Waals surface area contributed by atoms with Crippen LogP contribution in [0.2, 0.25) is 0 Å². The van der Waals surface area contributed by atoms with Gasteiger partial charge in [0.1, 0.15) is 10.8 Å². The predicted molar refractivity (Wildman–Crippen MR) is 70.4 cm³/mol. The lowest BCUT2D eigenvalue weighted by Crippen LogP contribution is -2.07. The van der Waals surface area contributed by atoms with Crippen molar-refractivity contribution in [1.29, 1.82) is 0 Å². The minimum absolute atomic E-state index is 0.0789. The van der Waals surface area contributed by atoms with Crippen LogP contribution in [0.15, 0.2) is 5.38 Å². The normalized spacial score (nSPS) is 12.3. The lowest BCUT2D eigenvalue weighted by Gasteiger charge is -2.08. The minimum Gasteiger partial charge on any atom is -0.476 e. The maximum atomic E-state index is 10.7. The van der Waals surface area contributed by atoms with E-state index in [0.29, 0.717) is 0 Å². The first-order chi connectivity index (χ1) is 8.60. The first-order valence-electron chi connectivity index (χ1n) is 5.38. The molecule has 0 aliphatic heterocycles. The third-order valence-electron chi connectivity index (χ3n) is 2.24. The monoisotopic (exact) mass is 284 g/mol. The van der Waals surface area contributed by atoms with Crippen molar-refractivity contribution in [2.45, 2.75) is 26.3 Å². The number of aryl methyl sites for hydroxylation is 1. The fraction of sp³-hybridized carbons (Fsp3) is 0.400. The predicted octanol–water partition coefficient (Wildman–Crippen LogP) is 2.43. The SMILES string of the molecule is CCc1nsc(NC(C)c2nc(C(=O)O)cs2)n1. The number of hydrogen-bond donors (Lipinski definition) is 2. The summed E-state index contributed by atoms with van der Waals surface area (Å²) in [5.41, 5.74) is 0.0789. The number of carboxylic acid groups (broad SMARTS) is 1. The molecular formula is C10H12N4O2S2. The van der Waals surface area contributed by atoms with Gasteiger partial charge < -0.3 is 10.4 Å². The third kappa shape index (κ3) is 2.82. The van der Waals surface area contributed by atoms with Gasteiger partial charge in [-0.05, 0) is 6.92 Å². The molecule has 0 aromatic carbocycles. The molecule has 0 bridgehead atoms. The Morgan fingerprint density at radius 1 is 1.56 bits per heavy atom. The Labute approximate surface area is 112 Å². The molecule has 0 aliphatic carbocycles. The highest BCUT2D eigenvalue weighted by atomic mass is 32.1. The van der Waals surface area contributed by atoms with Crippen LogP contribution in [0.25, 0.3) is 0 Å². The summed E-state index contributed by atoms with van der Waals surface area (Å²) in [6.45, 7) is 3.91. The van der Waals surface area contributed by atoms with Crippen molar-refractivity contribution in [3.8, 4) is 0 Å². The Bertz CT molecular complexity index is 552. The second-order valence-electron chi connectivity index (χ2n) is 3.61. The maximum absolute atomic E-state index is 10.7. The largest absolute Gasteiger partial charge is 0.476 e. The molecule has 2 heterocycles. The highest BCUT2D eigenvalue weighted by Crippen LogP contribution is 2.23. The van der Waals surface area contributed by atoms with Crippen LogP contribution in [-0.2, 0) is 6.42 Å². The molecule has 0 fully saturated rings. The van der Waals surface area contributed by atoms with Crippen LogP contribution in [0.4, 0.5) is 5.13 Å². The van der Waals surface area contributed by atoms with Crippen molar-refractivity contribution in [3.63, 3.8) is 0 Å². The smallest absolute Gasteiger partial charge is 0.355 e. The molecular weight excluding hydrogens is 272 g/mol. The number of hydrogen-bond acceptors (Lipinski definition) is 7. The van der Waals surface area contributed by atoms with E-state index in [9.17, 15) is 4.79 Å². The Balaban J connectivity index is 2.06. The highest BCUT2D eigenvalue weighted by Gasteiger charge is 2.15. The average Bonchev–Trinajstić information content (AvgIpc) is 2.97. The standard InChI is InChI=1S/C10H12N4O2S2/c1-3-7-13-10(18-14-7)11-5(2)8-12-6(4-17-8)9(15)16/h4-5H,3H2,1-2H3,(H,15,16)(H,11,13,14). The van der Waals surface area contributed by atoms with Crippen molar-refractivity contribution < 1.29 is 9.90 Å². The summed E-state index contributed by atoms with van der Waals surface area (Å²) >= 11 is 2.62. The van der Waals surface area contributed by atoms with Gasteiger partial charge in [0.15, 0.2) is 5.69 Å². The number of carboxylic acids is 1. The molecule has 96 valence electrons.